The van der Waals surface area contributed by atoms with E-state index in [1.165, 1.54) is 0 Å². The third-order valence-electron chi connectivity index (χ3n) is 3.06. The SMILES string of the molecule is C=C(C)CS(=O)(=O)C(C)C1CCNCC1. The Bertz CT molecular complexity index is 315. The molecule has 1 rings (SSSR count). The smallest absolute Gasteiger partial charge is 0.156 e. The van der Waals surface area contributed by atoms with E-state index < -0.39 is 9.84 Å². The summed E-state index contributed by atoms with van der Waals surface area (Å²) in [7, 11) is -2.99. The Labute approximate surface area is 92.9 Å². The third kappa shape index (κ3) is 3.61. The van der Waals surface area contributed by atoms with Gasteiger partial charge in [-0.15, -0.1) is 0 Å². The highest BCUT2D eigenvalue weighted by Gasteiger charge is 2.29. The first-order valence-electron chi connectivity index (χ1n) is 5.50. The predicted molar refractivity (Wildman–Crippen MR) is 63.7 cm³/mol. The van der Waals surface area contributed by atoms with Crippen molar-refractivity contribution >= 4 is 9.84 Å². The molecule has 0 aliphatic carbocycles. The Kier molecular flexibility index (Phi) is 4.34. The van der Waals surface area contributed by atoms with Crippen LogP contribution in [0.15, 0.2) is 12.2 Å². The van der Waals surface area contributed by atoms with Gasteiger partial charge in [0, 0.05) is 0 Å². The van der Waals surface area contributed by atoms with Gasteiger partial charge in [-0.3, -0.25) is 0 Å². The zero-order chi connectivity index (χ0) is 11.5. The number of rotatable bonds is 4. The Hall–Kier alpha value is -0.350. The fourth-order valence-corrected chi connectivity index (χ4v) is 3.89. The fourth-order valence-electron chi connectivity index (χ4n) is 2.08. The van der Waals surface area contributed by atoms with Gasteiger partial charge in [0.05, 0.1) is 11.0 Å². The van der Waals surface area contributed by atoms with Crippen LogP contribution in [0.2, 0.25) is 0 Å². The van der Waals surface area contributed by atoms with Crippen molar-refractivity contribution in [3.8, 4) is 0 Å². The highest BCUT2D eigenvalue weighted by molar-refractivity contribution is 7.92. The molecule has 1 aliphatic rings. The second-order valence-electron chi connectivity index (χ2n) is 4.56. The van der Waals surface area contributed by atoms with Crippen molar-refractivity contribution in [3.05, 3.63) is 12.2 Å². The molecule has 15 heavy (non-hydrogen) atoms. The van der Waals surface area contributed by atoms with Gasteiger partial charge >= 0.3 is 0 Å². The van der Waals surface area contributed by atoms with Crippen LogP contribution in [0, 0.1) is 5.92 Å². The molecule has 0 saturated carbocycles. The zero-order valence-corrected chi connectivity index (χ0v) is 10.4. The molecule has 1 saturated heterocycles. The zero-order valence-electron chi connectivity index (χ0n) is 9.62. The second-order valence-corrected chi connectivity index (χ2v) is 6.91. The molecule has 1 atom stereocenters. The van der Waals surface area contributed by atoms with Crippen LogP contribution in [0.4, 0.5) is 0 Å². The third-order valence-corrected chi connectivity index (χ3v) is 5.47. The van der Waals surface area contributed by atoms with Gasteiger partial charge in [0.1, 0.15) is 0 Å². The molecule has 88 valence electrons. The van der Waals surface area contributed by atoms with Crippen molar-refractivity contribution in [1.82, 2.24) is 5.32 Å². The van der Waals surface area contributed by atoms with Gasteiger partial charge in [-0.05, 0) is 45.7 Å². The molecule has 1 aliphatic heterocycles. The van der Waals surface area contributed by atoms with Crippen LogP contribution in [0.1, 0.15) is 26.7 Å². The summed E-state index contributed by atoms with van der Waals surface area (Å²) in [6.07, 6.45) is 1.94. The normalized spacial score (nSPS) is 21.2. The fraction of sp³-hybridized carbons (Fsp3) is 0.818. The Morgan fingerprint density at radius 2 is 2.00 bits per heavy atom. The standard InChI is InChI=1S/C11H21NO2S/c1-9(2)8-15(13,14)10(3)11-4-6-12-7-5-11/h10-12H,1,4-8H2,2-3H3. The molecule has 0 aromatic heterocycles. The van der Waals surface area contributed by atoms with Crippen LogP contribution in [-0.4, -0.2) is 32.5 Å². The average molecular weight is 231 g/mol. The van der Waals surface area contributed by atoms with Gasteiger partial charge in [-0.2, -0.15) is 0 Å². The van der Waals surface area contributed by atoms with Crippen LogP contribution in [-0.2, 0) is 9.84 Å². The van der Waals surface area contributed by atoms with E-state index in [4.69, 9.17) is 0 Å². The van der Waals surface area contributed by atoms with Gasteiger partial charge in [0.25, 0.3) is 0 Å². The minimum Gasteiger partial charge on any atom is -0.317 e. The Morgan fingerprint density at radius 3 is 2.47 bits per heavy atom. The van der Waals surface area contributed by atoms with E-state index in [1.54, 1.807) is 6.92 Å². The molecule has 3 nitrogen and oxygen atoms in total. The molecular weight excluding hydrogens is 210 g/mol. The van der Waals surface area contributed by atoms with E-state index in [-0.39, 0.29) is 11.0 Å². The van der Waals surface area contributed by atoms with Crippen LogP contribution in [0.3, 0.4) is 0 Å². The summed E-state index contributed by atoms with van der Waals surface area (Å²) in [6.45, 7) is 9.17. The predicted octanol–water partition coefficient (Wildman–Crippen LogP) is 1.37. The molecule has 0 aromatic carbocycles. The quantitative estimate of drug-likeness (QED) is 0.743. The molecule has 0 spiro atoms. The van der Waals surface area contributed by atoms with Crippen molar-refractivity contribution < 1.29 is 8.42 Å². The Balaban J connectivity index is 2.65. The summed E-state index contributed by atoms with van der Waals surface area (Å²) < 4.78 is 23.9. The minimum atomic E-state index is -2.99. The maximum absolute atomic E-state index is 12.0. The molecule has 1 N–H and O–H groups in total. The van der Waals surface area contributed by atoms with Gasteiger partial charge in [0.15, 0.2) is 9.84 Å². The molecule has 0 radical (unpaired) electrons. The van der Waals surface area contributed by atoms with Crippen LogP contribution >= 0.6 is 0 Å². The van der Waals surface area contributed by atoms with Crippen LogP contribution < -0.4 is 5.32 Å². The number of hydrogen-bond donors (Lipinski definition) is 1. The van der Waals surface area contributed by atoms with Crippen molar-refractivity contribution in [2.24, 2.45) is 5.92 Å². The lowest BCUT2D eigenvalue weighted by atomic mass is 9.95. The summed E-state index contributed by atoms with van der Waals surface area (Å²) >= 11 is 0. The van der Waals surface area contributed by atoms with E-state index in [9.17, 15) is 8.42 Å². The largest absolute Gasteiger partial charge is 0.317 e. The van der Waals surface area contributed by atoms with Gasteiger partial charge in [-0.1, -0.05) is 12.2 Å². The summed E-state index contributed by atoms with van der Waals surface area (Å²) in [5, 5.41) is 3.02. The number of nitrogens with one attached hydrogen (secondary N) is 1. The second kappa shape index (κ2) is 5.12. The Morgan fingerprint density at radius 1 is 1.47 bits per heavy atom. The summed E-state index contributed by atoms with van der Waals surface area (Å²) in [4.78, 5) is 0. The monoisotopic (exact) mass is 231 g/mol. The molecule has 1 heterocycles. The van der Waals surface area contributed by atoms with Crippen molar-refractivity contribution in [2.45, 2.75) is 31.9 Å². The number of piperidine rings is 1. The lowest BCUT2D eigenvalue weighted by Gasteiger charge is -2.28. The van der Waals surface area contributed by atoms with E-state index in [1.807, 2.05) is 6.92 Å². The number of hydrogen-bond acceptors (Lipinski definition) is 3. The van der Waals surface area contributed by atoms with Crippen molar-refractivity contribution in [1.29, 1.82) is 0 Å². The molecule has 0 bridgehead atoms. The average Bonchev–Trinajstić information content (AvgIpc) is 2.16. The highest BCUT2D eigenvalue weighted by Crippen LogP contribution is 2.23. The van der Waals surface area contributed by atoms with E-state index in [2.05, 4.69) is 11.9 Å². The lowest BCUT2D eigenvalue weighted by molar-refractivity contribution is 0.364. The van der Waals surface area contributed by atoms with Crippen molar-refractivity contribution in [2.75, 3.05) is 18.8 Å². The first-order valence-corrected chi connectivity index (χ1v) is 7.21. The van der Waals surface area contributed by atoms with Gasteiger partial charge in [-0.25, -0.2) is 8.42 Å². The highest BCUT2D eigenvalue weighted by atomic mass is 32.2. The first-order chi connectivity index (χ1) is 6.93. The number of sulfone groups is 1. The molecule has 1 unspecified atom stereocenters. The molecule has 0 amide bonds. The topological polar surface area (TPSA) is 46.2 Å². The van der Waals surface area contributed by atoms with Gasteiger partial charge in [0.2, 0.25) is 0 Å². The van der Waals surface area contributed by atoms with E-state index in [0.717, 1.165) is 31.5 Å². The van der Waals surface area contributed by atoms with Crippen LogP contribution in [0.5, 0.6) is 0 Å². The summed E-state index contributed by atoms with van der Waals surface area (Å²) in [5.41, 5.74) is 0.732. The van der Waals surface area contributed by atoms with E-state index in [0.29, 0.717) is 5.92 Å². The summed E-state index contributed by atoms with van der Waals surface area (Å²) in [6, 6.07) is 0. The molecule has 1 fully saturated rings. The van der Waals surface area contributed by atoms with Crippen LogP contribution in [0.25, 0.3) is 0 Å². The van der Waals surface area contributed by atoms with E-state index >= 15 is 0 Å². The maximum atomic E-state index is 12.0. The molecular formula is C11H21NO2S. The maximum Gasteiger partial charge on any atom is 0.156 e. The minimum absolute atomic E-state index is 0.137. The van der Waals surface area contributed by atoms with Gasteiger partial charge < -0.3 is 5.32 Å². The summed E-state index contributed by atoms with van der Waals surface area (Å²) in [5.74, 6) is 0.452. The molecule has 4 heteroatoms. The molecule has 0 aromatic rings. The first kappa shape index (κ1) is 12.7. The van der Waals surface area contributed by atoms with Crippen molar-refractivity contribution in [3.63, 3.8) is 0 Å². The lowest BCUT2D eigenvalue weighted by Crippen LogP contribution is -2.37.